The quantitative estimate of drug-likeness (QED) is 0.615. The zero-order valence-corrected chi connectivity index (χ0v) is 16.1. The second-order valence-electron chi connectivity index (χ2n) is 7.48. The molecule has 28 heavy (non-hydrogen) atoms. The molecule has 4 N–H and O–H groups in total. The summed E-state index contributed by atoms with van der Waals surface area (Å²) in [6.07, 6.45) is -4.96. The van der Waals surface area contributed by atoms with Crippen LogP contribution in [-0.2, 0) is 28.3 Å². The van der Waals surface area contributed by atoms with Crippen molar-refractivity contribution in [3.63, 3.8) is 0 Å². The Morgan fingerprint density at radius 2 is 1.82 bits per heavy atom. The number of rotatable bonds is 3. The lowest BCUT2D eigenvalue weighted by atomic mass is 9.86. The number of fused-ring (bicyclic) bond motifs is 2. The van der Waals surface area contributed by atoms with E-state index in [2.05, 4.69) is 0 Å². The summed E-state index contributed by atoms with van der Waals surface area (Å²) in [5, 5.41) is 41.1. The first-order chi connectivity index (χ1) is 13.4. The van der Waals surface area contributed by atoms with E-state index in [-0.39, 0.29) is 6.61 Å². The molecule has 6 nitrogen and oxygen atoms in total. The Morgan fingerprint density at radius 1 is 1.11 bits per heavy atom. The van der Waals surface area contributed by atoms with Crippen molar-refractivity contribution < 1.29 is 29.9 Å². The van der Waals surface area contributed by atoms with Gasteiger partial charge in [-0.1, -0.05) is 41.4 Å². The van der Waals surface area contributed by atoms with Crippen molar-refractivity contribution in [2.24, 2.45) is 0 Å². The van der Waals surface area contributed by atoms with Crippen molar-refractivity contribution in [2.75, 3.05) is 6.61 Å². The average molecular weight is 407 g/mol. The van der Waals surface area contributed by atoms with Gasteiger partial charge in [0.15, 0.2) is 0 Å². The number of ether oxygens (including phenoxy) is 2. The Bertz CT molecular complexity index is 868. The van der Waals surface area contributed by atoms with E-state index in [1.807, 2.05) is 37.3 Å². The van der Waals surface area contributed by atoms with Gasteiger partial charge in [-0.3, -0.25) is 0 Å². The lowest BCUT2D eigenvalue weighted by Gasteiger charge is -2.46. The largest absolute Gasteiger partial charge is 0.394 e. The van der Waals surface area contributed by atoms with Crippen molar-refractivity contribution >= 4 is 11.6 Å². The van der Waals surface area contributed by atoms with Gasteiger partial charge in [0, 0.05) is 10.6 Å². The number of aliphatic hydroxyl groups excluding tert-OH is 4. The number of hydrogen-bond donors (Lipinski definition) is 4. The van der Waals surface area contributed by atoms with Crippen molar-refractivity contribution in [1.29, 1.82) is 0 Å². The SMILES string of the molecule is Cc1ccc(Cc2cc3c(cc2Cl)COC32O[C@H](CO)[C@@H](O)[C@H](O)[C@H]2O)cc1. The predicted octanol–water partition coefficient (Wildman–Crippen LogP) is 1.40. The predicted molar refractivity (Wildman–Crippen MR) is 102 cm³/mol. The van der Waals surface area contributed by atoms with Crippen LogP contribution >= 0.6 is 11.6 Å². The molecule has 4 rings (SSSR count). The highest BCUT2D eigenvalue weighted by atomic mass is 35.5. The van der Waals surface area contributed by atoms with Gasteiger partial charge < -0.3 is 29.9 Å². The van der Waals surface area contributed by atoms with Crippen LogP contribution in [0.2, 0.25) is 5.02 Å². The zero-order chi connectivity index (χ0) is 20.1. The summed E-state index contributed by atoms with van der Waals surface area (Å²) < 4.78 is 11.6. The Balaban J connectivity index is 1.73. The number of aryl methyl sites for hydroxylation is 1. The highest BCUT2D eigenvalue weighted by Crippen LogP contribution is 2.47. The second kappa shape index (κ2) is 7.39. The summed E-state index contributed by atoms with van der Waals surface area (Å²) in [5.74, 6) is -1.66. The minimum Gasteiger partial charge on any atom is -0.394 e. The molecule has 5 atom stereocenters. The van der Waals surface area contributed by atoms with E-state index >= 15 is 0 Å². The summed E-state index contributed by atoms with van der Waals surface area (Å²) in [6.45, 7) is 1.64. The maximum Gasteiger partial charge on any atom is 0.225 e. The zero-order valence-electron chi connectivity index (χ0n) is 15.4. The molecule has 0 bridgehead atoms. The normalized spacial score (nSPS) is 31.9. The van der Waals surface area contributed by atoms with Crippen LogP contribution in [0.4, 0.5) is 0 Å². The maximum absolute atomic E-state index is 10.7. The molecule has 0 aliphatic carbocycles. The molecule has 2 aromatic rings. The Labute approximate surface area is 167 Å². The van der Waals surface area contributed by atoms with E-state index in [0.29, 0.717) is 17.0 Å². The third-order valence-electron chi connectivity index (χ3n) is 5.56. The minimum atomic E-state index is -1.66. The molecule has 150 valence electrons. The van der Waals surface area contributed by atoms with Gasteiger partial charge in [0.2, 0.25) is 5.79 Å². The first-order valence-corrected chi connectivity index (χ1v) is 9.57. The van der Waals surface area contributed by atoms with Gasteiger partial charge in [0.1, 0.15) is 24.4 Å². The molecular formula is C21H23ClO6. The van der Waals surface area contributed by atoms with E-state index in [1.165, 1.54) is 0 Å². The van der Waals surface area contributed by atoms with E-state index in [4.69, 9.17) is 21.1 Å². The van der Waals surface area contributed by atoms with Crippen LogP contribution in [0.5, 0.6) is 0 Å². The van der Waals surface area contributed by atoms with E-state index in [1.54, 1.807) is 6.07 Å². The topological polar surface area (TPSA) is 99.4 Å². The Morgan fingerprint density at radius 3 is 2.50 bits per heavy atom. The number of aliphatic hydroxyl groups is 4. The Kier molecular flexibility index (Phi) is 5.22. The summed E-state index contributed by atoms with van der Waals surface area (Å²) in [4.78, 5) is 0. The van der Waals surface area contributed by atoms with Crippen molar-refractivity contribution in [3.8, 4) is 0 Å². The third kappa shape index (κ3) is 3.15. The van der Waals surface area contributed by atoms with Crippen molar-refractivity contribution in [1.82, 2.24) is 0 Å². The van der Waals surface area contributed by atoms with E-state index < -0.39 is 36.8 Å². The fourth-order valence-corrected chi connectivity index (χ4v) is 4.16. The molecule has 2 aliphatic heterocycles. The third-order valence-corrected chi connectivity index (χ3v) is 5.91. The highest BCUT2D eigenvalue weighted by molar-refractivity contribution is 6.31. The smallest absolute Gasteiger partial charge is 0.225 e. The van der Waals surface area contributed by atoms with Crippen LogP contribution in [0, 0.1) is 6.92 Å². The van der Waals surface area contributed by atoms with Gasteiger partial charge in [-0.25, -0.2) is 0 Å². The summed E-state index contributed by atoms with van der Waals surface area (Å²) in [6, 6.07) is 11.7. The molecular weight excluding hydrogens is 384 g/mol. The first-order valence-electron chi connectivity index (χ1n) is 9.20. The van der Waals surface area contributed by atoms with Crippen molar-refractivity contribution in [3.05, 3.63) is 69.2 Å². The molecule has 2 aromatic carbocycles. The standard InChI is InChI=1S/C21H23ClO6/c1-11-2-4-12(5-3-11)6-13-7-15-14(8-16(13)22)10-27-21(15)20(26)19(25)18(24)17(9-23)28-21/h2-5,7-8,17-20,23-26H,6,9-10H2,1H3/t17-,18-,19+,20-,21?/m1/s1. The first kappa shape index (κ1) is 19.8. The Hall–Kier alpha value is -1.51. The minimum absolute atomic E-state index is 0.137. The number of halogens is 1. The molecule has 1 fully saturated rings. The molecule has 0 saturated carbocycles. The summed E-state index contributed by atoms with van der Waals surface area (Å²) >= 11 is 6.47. The second-order valence-corrected chi connectivity index (χ2v) is 7.89. The van der Waals surface area contributed by atoms with Crippen LogP contribution < -0.4 is 0 Å². The molecule has 2 aliphatic rings. The molecule has 1 spiro atoms. The summed E-state index contributed by atoms with van der Waals surface area (Å²) in [5.41, 5.74) is 4.35. The van der Waals surface area contributed by atoms with Gasteiger partial charge in [0.25, 0.3) is 0 Å². The van der Waals surface area contributed by atoms with E-state index in [9.17, 15) is 20.4 Å². The van der Waals surface area contributed by atoms with Crippen LogP contribution in [-0.4, -0.2) is 51.4 Å². The molecule has 1 saturated heterocycles. The molecule has 7 heteroatoms. The lowest BCUT2D eigenvalue weighted by Crippen LogP contribution is -2.63. The van der Waals surface area contributed by atoms with Gasteiger partial charge >= 0.3 is 0 Å². The van der Waals surface area contributed by atoms with Crippen LogP contribution in [0.3, 0.4) is 0 Å². The van der Waals surface area contributed by atoms with Crippen molar-refractivity contribution in [2.45, 2.75) is 50.2 Å². The van der Waals surface area contributed by atoms with Gasteiger partial charge in [-0.15, -0.1) is 0 Å². The van der Waals surface area contributed by atoms with Gasteiger partial charge in [0.05, 0.1) is 13.2 Å². The molecule has 2 heterocycles. The summed E-state index contributed by atoms with van der Waals surface area (Å²) in [7, 11) is 0. The van der Waals surface area contributed by atoms with Crippen LogP contribution in [0.15, 0.2) is 36.4 Å². The highest BCUT2D eigenvalue weighted by Gasteiger charge is 2.58. The van der Waals surface area contributed by atoms with Crippen LogP contribution in [0.25, 0.3) is 0 Å². The van der Waals surface area contributed by atoms with Gasteiger partial charge in [-0.05, 0) is 42.2 Å². The molecule has 0 radical (unpaired) electrons. The monoisotopic (exact) mass is 406 g/mol. The lowest BCUT2D eigenvalue weighted by molar-refractivity contribution is -0.368. The number of hydrogen-bond acceptors (Lipinski definition) is 6. The molecule has 0 aromatic heterocycles. The fraction of sp³-hybridized carbons (Fsp3) is 0.429. The van der Waals surface area contributed by atoms with Gasteiger partial charge in [-0.2, -0.15) is 0 Å². The number of benzene rings is 2. The fourth-order valence-electron chi connectivity index (χ4n) is 3.91. The van der Waals surface area contributed by atoms with Crippen LogP contribution in [0.1, 0.15) is 27.8 Å². The molecule has 0 amide bonds. The van der Waals surface area contributed by atoms with E-state index in [0.717, 1.165) is 22.3 Å². The molecule has 1 unspecified atom stereocenters. The average Bonchev–Trinajstić information content (AvgIpc) is 3.03. The maximum atomic E-state index is 10.7.